The molecule has 0 N–H and O–H groups in total. The molecule has 0 radical (unpaired) electrons. The van der Waals surface area contributed by atoms with Crippen LogP contribution in [0.3, 0.4) is 0 Å². The average molecular weight is 478 g/mol. The van der Waals surface area contributed by atoms with Crippen LogP contribution in [-0.4, -0.2) is 24.9 Å². The molecule has 0 aliphatic rings. The first-order valence-corrected chi connectivity index (χ1v) is 11.9. The summed E-state index contributed by atoms with van der Waals surface area (Å²) >= 11 is 0. The molecule has 174 valence electrons. The Balaban J connectivity index is 1.30. The molecule has 0 aliphatic heterocycles. The molecule has 0 saturated carbocycles. The van der Waals surface area contributed by atoms with Gasteiger partial charge < -0.3 is 4.42 Å². The topological polar surface area (TPSA) is 77.6 Å². The van der Waals surface area contributed by atoms with Gasteiger partial charge in [-0.15, -0.1) is 0 Å². The van der Waals surface area contributed by atoms with Crippen molar-refractivity contribution in [2.24, 2.45) is 0 Å². The van der Waals surface area contributed by atoms with Crippen LogP contribution >= 0.6 is 0 Å². The van der Waals surface area contributed by atoms with E-state index in [9.17, 15) is 0 Å². The fraction of sp³-hybridized carbons (Fsp3) is 0. The molecular formula is C31H19N5O. The van der Waals surface area contributed by atoms with Gasteiger partial charge in [0.05, 0.1) is 0 Å². The highest BCUT2D eigenvalue weighted by atomic mass is 16.3. The van der Waals surface area contributed by atoms with Gasteiger partial charge in [-0.05, 0) is 23.3 Å². The van der Waals surface area contributed by atoms with Crippen molar-refractivity contribution in [1.29, 1.82) is 0 Å². The maximum absolute atomic E-state index is 5.82. The molecule has 6 heteroatoms. The van der Waals surface area contributed by atoms with Gasteiger partial charge in [-0.1, -0.05) is 91.0 Å². The van der Waals surface area contributed by atoms with E-state index in [0.29, 0.717) is 23.2 Å². The molecule has 6 nitrogen and oxygen atoms in total. The van der Waals surface area contributed by atoms with Crippen LogP contribution in [0.15, 0.2) is 120 Å². The predicted molar refractivity (Wildman–Crippen MR) is 144 cm³/mol. The van der Waals surface area contributed by atoms with Crippen LogP contribution in [-0.2, 0) is 0 Å². The zero-order valence-electron chi connectivity index (χ0n) is 19.6. The molecule has 0 amide bonds. The maximum atomic E-state index is 5.82. The van der Waals surface area contributed by atoms with E-state index in [1.54, 1.807) is 12.4 Å². The molecule has 0 unspecified atom stereocenters. The molecule has 37 heavy (non-hydrogen) atoms. The van der Waals surface area contributed by atoms with E-state index in [4.69, 9.17) is 19.4 Å². The number of furan rings is 1. The van der Waals surface area contributed by atoms with E-state index in [-0.39, 0.29) is 0 Å². The fourth-order valence-electron chi connectivity index (χ4n) is 4.42. The molecular weight excluding hydrogens is 458 g/mol. The Morgan fingerprint density at radius 1 is 0.459 bits per heavy atom. The number of aromatic nitrogens is 5. The van der Waals surface area contributed by atoms with Crippen LogP contribution in [0.4, 0.5) is 0 Å². The zero-order chi connectivity index (χ0) is 24.6. The Kier molecular flexibility index (Phi) is 5.00. The first-order chi connectivity index (χ1) is 18.3. The maximum Gasteiger partial charge on any atom is 0.246 e. The van der Waals surface area contributed by atoms with Crippen molar-refractivity contribution in [2.75, 3.05) is 0 Å². The summed E-state index contributed by atoms with van der Waals surface area (Å²) in [5.41, 5.74) is 7.04. The average Bonchev–Trinajstić information content (AvgIpc) is 3.36. The second-order valence-corrected chi connectivity index (χ2v) is 8.64. The summed E-state index contributed by atoms with van der Waals surface area (Å²) in [6.45, 7) is 0. The van der Waals surface area contributed by atoms with Crippen molar-refractivity contribution in [1.82, 2.24) is 24.9 Å². The summed E-state index contributed by atoms with van der Waals surface area (Å²) in [5, 5.41) is 0.946. The smallest absolute Gasteiger partial charge is 0.246 e. The van der Waals surface area contributed by atoms with Gasteiger partial charge in [0.25, 0.3) is 0 Å². The number of nitrogens with zero attached hydrogens (tertiary/aromatic N) is 5. The summed E-state index contributed by atoms with van der Waals surface area (Å²) in [4.78, 5) is 23.1. The van der Waals surface area contributed by atoms with Crippen molar-refractivity contribution >= 4 is 22.2 Å². The highest BCUT2D eigenvalue weighted by molar-refractivity contribution is 6.02. The van der Waals surface area contributed by atoms with Gasteiger partial charge in [-0.3, -0.25) is 0 Å². The van der Waals surface area contributed by atoms with E-state index in [1.807, 2.05) is 84.9 Å². The molecule has 7 rings (SSSR count). The molecule has 7 aromatic rings. The lowest BCUT2D eigenvalue weighted by atomic mass is 10.0. The Hall–Kier alpha value is -5.23. The lowest BCUT2D eigenvalue weighted by Gasteiger charge is -2.09. The van der Waals surface area contributed by atoms with Crippen LogP contribution in [0.2, 0.25) is 0 Å². The Bertz CT molecular complexity index is 1810. The van der Waals surface area contributed by atoms with Crippen LogP contribution in [0.5, 0.6) is 0 Å². The van der Waals surface area contributed by atoms with E-state index in [0.717, 1.165) is 44.3 Å². The fourth-order valence-corrected chi connectivity index (χ4v) is 4.42. The summed E-state index contributed by atoms with van der Waals surface area (Å²) in [7, 11) is 0. The summed E-state index contributed by atoms with van der Waals surface area (Å²) in [5.74, 6) is 1.92. The van der Waals surface area contributed by atoms with Gasteiger partial charge in [0.2, 0.25) is 5.71 Å². The van der Waals surface area contributed by atoms with Crippen molar-refractivity contribution in [2.45, 2.75) is 0 Å². The molecule has 0 atom stereocenters. The van der Waals surface area contributed by atoms with E-state index >= 15 is 0 Å². The lowest BCUT2D eigenvalue weighted by molar-refractivity contribution is 0.653. The zero-order valence-corrected chi connectivity index (χ0v) is 19.6. The Labute approximate surface area is 212 Å². The largest absolute Gasteiger partial charge is 0.436 e. The molecule has 0 spiro atoms. The van der Waals surface area contributed by atoms with Crippen molar-refractivity contribution in [3.63, 3.8) is 0 Å². The summed E-state index contributed by atoms with van der Waals surface area (Å²) < 4.78 is 5.82. The van der Waals surface area contributed by atoms with E-state index in [1.165, 1.54) is 0 Å². The predicted octanol–water partition coefficient (Wildman–Crippen LogP) is 7.23. The monoisotopic (exact) mass is 477 g/mol. The SMILES string of the molecule is c1ccc(-c2nc(-c3ccccc3)nc(-c3ccc(-c4ccc5oc6nccnc6c5c4)cc3)n2)cc1. The van der Waals surface area contributed by atoms with E-state index < -0.39 is 0 Å². The van der Waals surface area contributed by atoms with Crippen LogP contribution < -0.4 is 0 Å². The highest BCUT2D eigenvalue weighted by Gasteiger charge is 2.13. The molecule has 0 saturated heterocycles. The first-order valence-electron chi connectivity index (χ1n) is 11.9. The number of rotatable bonds is 4. The summed E-state index contributed by atoms with van der Waals surface area (Å²) in [6.07, 6.45) is 3.32. The minimum Gasteiger partial charge on any atom is -0.436 e. The van der Waals surface area contributed by atoms with Crippen LogP contribution in [0, 0.1) is 0 Å². The van der Waals surface area contributed by atoms with Gasteiger partial charge in [0.15, 0.2) is 17.5 Å². The molecule has 0 fully saturated rings. The van der Waals surface area contributed by atoms with Crippen molar-refractivity contribution in [3.05, 3.63) is 116 Å². The van der Waals surface area contributed by atoms with Crippen molar-refractivity contribution < 1.29 is 4.42 Å². The third-order valence-electron chi connectivity index (χ3n) is 6.28. The van der Waals surface area contributed by atoms with Gasteiger partial charge in [0, 0.05) is 34.5 Å². The third-order valence-corrected chi connectivity index (χ3v) is 6.28. The van der Waals surface area contributed by atoms with Gasteiger partial charge in [0.1, 0.15) is 11.1 Å². The molecule has 3 heterocycles. The summed E-state index contributed by atoms with van der Waals surface area (Å²) in [6, 6.07) is 34.3. The van der Waals surface area contributed by atoms with E-state index in [2.05, 4.69) is 28.2 Å². The second kappa shape index (κ2) is 8.77. The number of benzene rings is 4. The molecule has 3 aromatic heterocycles. The standard InChI is InChI=1S/C31H19N5O/c1-3-7-21(8-4-1)28-34-29(22-9-5-2-6-10-22)36-30(35-28)23-13-11-20(12-14-23)24-15-16-26-25(19-24)27-31(37-26)33-18-17-32-27/h1-19H. The van der Waals surface area contributed by atoms with Gasteiger partial charge in [-0.2, -0.15) is 0 Å². The van der Waals surface area contributed by atoms with Gasteiger partial charge >= 0.3 is 0 Å². The molecule has 0 aliphatic carbocycles. The number of fused-ring (bicyclic) bond motifs is 3. The third kappa shape index (κ3) is 3.90. The minimum absolute atomic E-state index is 0.545. The first kappa shape index (κ1) is 21.1. The van der Waals surface area contributed by atoms with Crippen molar-refractivity contribution in [3.8, 4) is 45.3 Å². The minimum atomic E-state index is 0.545. The lowest BCUT2D eigenvalue weighted by Crippen LogP contribution is -2.00. The van der Waals surface area contributed by atoms with Gasteiger partial charge in [-0.25, -0.2) is 24.9 Å². The number of hydrogen-bond donors (Lipinski definition) is 0. The van der Waals surface area contributed by atoms with Crippen LogP contribution in [0.1, 0.15) is 0 Å². The highest BCUT2D eigenvalue weighted by Crippen LogP contribution is 2.31. The number of hydrogen-bond acceptors (Lipinski definition) is 6. The van der Waals surface area contributed by atoms with Crippen LogP contribution in [0.25, 0.3) is 67.5 Å². The Morgan fingerprint density at radius 2 is 0.973 bits per heavy atom. The molecule has 0 bridgehead atoms. The Morgan fingerprint density at radius 3 is 1.59 bits per heavy atom. The molecule has 4 aromatic carbocycles. The second-order valence-electron chi connectivity index (χ2n) is 8.64. The normalized spacial score (nSPS) is 11.2. The quantitative estimate of drug-likeness (QED) is 0.266.